The van der Waals surface area contributed by atoms with Crippen molar-refractivity contribution in [1.82, 2.24) is 19.8 Å². The fourth-order valence-corrected chi connectivity index (χ4v) is 3.47. The van der Waals surface area contributed by atoms with Crippen molar-refractivity contribution in [3.63, 3.8) is 0 Å². The topological polar surface area (TPSA) is 61.8 Å². The standard InChI is InChI=1S/C21H29N5O2/c1-24(2)20-21(23-12-11-22-20)28-16-19(27)25(3)18-9-13-26(14-10-18)15-17-7-5-4-6-8-17/h4-8,11-12,18H,9-10,13-16H2,1-3H3. The van der Waals surface area contributed by atoms with E-state index < -0.39 is 0 Å². The van der Waals surface area contributed by atoms with E-state index in [2.05, 4.69) is 39.1 Å². The van der Waals surface area contributed by atoms with Crippen LogP contribution >= 0.6 is 0 Å². The number of likely N-dealkylation sites (tertiary alicyclic amines) is 1. The molecule has 1 saturated heterocycles. The summed E-state index contributed by atoms with van der Waals surface area (Å²) >= 11 is 0. The van der Waals surface area contributed by atoms with Gasteiger partial charge >= 0.3 is 0 Å². The van der Waals surface area contributed by atoms with Crippen LogP contribution < -0.4 is 9.64 Å². The minimum absolute atomic E-state index is 0.0275. The number of anilines is 1. The second kappa shape index (κ2) is 9.50. The Morgan fingerprint density at radius 2 is 1.79 bits per heavy atom. The van der Waals surface area contributed by atoms with E-state index in [1.54, 1.807) is 12.4 Å². The number of amides is 1. The van der Waals surface area contributed by atoms with Crippen molar-refractivity contribution in [1.29, 1.82) is 0 Å². The van der Waals surface area contributed by atoms with Crippen molar-refractivity contribution in [3.8, 4) is 5.88 Å². The summed E-state index contributed by atoms with van der Waals surface area (Å²) in [5.41, 5.74) is 1.33. The van der Waals surface area contributed by atoms with Crippen LogP contribution in [0.2, 0.25) is 0 Å². The van der Waals surface area contributed by atoms with Crippen LogP contribution in [0.25, 0.3) is 0 Å². The molecule has 1 aromatic carbocycles. The molecule has 0 atom stereocenters. The van der Waals surface area contributed by atoms with Crippen LogP contribution in [-0.4, -0.2) is 72.6 Å². The number of hydrogen-bond acceptors (Lipinski definition) is 6. The normalized spacial score (nSPS) is 15.2. The third-order valence-corrected chi connectivity index (χ3v) is 5.15. The summed E-state index contributed by atoms with van der Waals surface area (Å²) in [7, 11) is 5.61. The molecule has 0 spiro atoms. The molecule has 0 N–H and O–H groups in total. The summed E-state index contributed by atoms with van der Waals surface area (Å²) in [6.45, 7) is 2.93. The Morgan fingerprint density at radius 3 is 2.46 bits per heavy atom. The number of piperidine rings is 1. The maximum absolute atomic E-state index is 12.6. The van der Waals surface area contributed by atoms with Crippen LogP contribution in [0, 0.1) is 0 Å². The maximum Gasteiger partial charge on any atom is 0.260 e. The van der Waals surface area contributed by atoms with Gasteiger partial charge in [-0.2, -0.15) is 0 Å². The number of aromatic nitrogens is 2. The van der Waals surface area contributed by atoms with Gasteiger partial charge in [-0.05, 0) is 18.4 Å². The Balaban J connectivity index is 1.47. The highest BCUT2D eigenvalue weighted by atomic mass is 16.5. The smallest absolute Gasteiger partial charge is 0.260 e. The molecule has 0 aliphatic carbocycles. The van der Waals surface area contributed by atoms with E-state index in [0.29, 0.717) is 11.7 Å². The van der Waals surface area contributed by atoms with Gasteiger partial charge in [0.05, 0.1) is 0 Å². The molecule has 0 bridgehead atoms. The lowest BCUT2D eigenvalue weighted by Crippen LogP contribution is -2.46. The lowest BCUT2D eigenvalue weighted by molar-refractivity contribution is -0.135. The van der Waals surface area contributed by atoms with Gasteiger partial charge in [-0.25, -0.2) is 9.97 Å². The molecule has 7 heteroatoms. The minimum atomic E-state index is -0.0307. The molecular weight excluding hydrogens is 354 g/mol. The fraction of sp³-hybridized carbons (Fsp3) is 0.476. The monoisotopic (exact) mass is 383 g/mol. The first-order valence-electron chi connectivity index (χ1n) is 9.67. The van der Waals surface area contributed by atoms with Gasteiger partial charge in [-0.1, -0.05) is 30.3 Å². The van der Waals surface area contributed by atoms with Gasteiger partial charge in [0, 0.05) is 59.2 Å². The summed E-state index contributed by atoms with van der Waals surface area (Å²) in [6, 6.07) is 10.8. The van der Waals surface area contributed by atoms with E-state index in [1.807, 2.05) is 37.0 Å². The highest BCUT2D eigenvalue weighted by molar-refractivity contribution is 5.78. The van der Waals surface area contributed by atoms with Crippen molar-refractivity contribution >= 4 is 11.7 Å². The summed E-state index contributed by atoms with van der Waals surface area (Å²) in [5, 5.41) is 0. The lowest BCUT2D eigenvalue weighted by atomic mass is 10.0. The molecule has 3 rings (SSSR count). The average molecular weight is 383 g/mol. The van der Waals surface area contributed by atoms with Gasteiger partial charge in [0.1, 0.15) is 0 Å². The second-order valence-electron chi connectivity index (χ2n) is 7.37. The van der Waals surface area contributed by atoms with Crippen LogP contribution in [0.3, 0.4) is 0 Å². The molecule has 1 aliphatic rings. The lowest BCUT2D eigenvalue weighted by Gasteiger charge is -2.36. The first-order chi connectivity index (χ1) is 13.5. The predicted molar refractivity (Wildman–Crippen MR) is 109 cm³/mol. The third kappa shape index (κ3) is 5.19. The number of carbonyl (C=O) groups is 1. The Labute approximate surface area is 166 Å². The van der Waals surface area contributed by atoms with E-state index in [-0.39, 0.29) is 18.6 Å². The molecule has 0 unspecified atom stereocenters. The van der Waals surface area contributed by atoms with Gasteiger partial charge in [-0.15, -0.1) is 0 Å². The van der Waals surface area contributed by atoms with Gasteiger partial charge in [0.25, 0.3) is 11.8 Å². The van der Waals surface area contributed by atoms with Gasteiger partial charge in [0.15, 0.2) is 12.4 Å². The average Bonchev–Trinajstić information content (AvgIpc) is 2.73. The first kappa shape index (κ1) is 20.1. The van der Waals surface area contributed by atoms with Crippen molar-refractivity contribution in [2.75, 3.05) is 45.7 Å². The van der Waals surface area contributed by atoms with E-state index in [1.165, 1.54) is 5.56 Å². The molecule has 2 aromatic rings. The molecule has 0 saturated carbocycles. The number of ether oxygens (including phenoxy) is 1. The Kier molecular flexibility index (Phi) is 6.81. The van der Waals surface area contributed by atoms with Gasteiger partial charge in [-0.3, -0.25) is 9.69 Å². The number of likely N-dealkylation sites (N-methyl/N-ethyl adjacent to an activating group) is 1. The molecule has 1 aromatic heterocycles. The van der Waals surface area contributed by atoms with E-state index in [9.17, 15) is 4.79 Å². The molecule has 7 nitrogen and oxygen atoms in total. The summed E-state index contributed by atoms with van der Waals surface area (Å²) in [5.74, 6) is 0.968. The summed E-state index contributed by atoms with van der Waals surface area (Å²) < 4.78 is 5.66. The molecule has 150 valence electrons. The van der Waals surface area contributed by atoms with E-state index in [4.69, 9.17) is 4.74 Å². The van der Waals surface area contributed by atoms with Crippen molar-refractivity contribution < 1.29 is 9.53 Å². The molecule has 0 radical (unpaired) electrons. The number of rotatable bonds is 7. The van der Waals surface area contributed by atoms with E-state index in [0.717, 1.165) is 32.5 Å². The number of benzene rings is 1. The van der Waals surface area contributed by atoms with Crippen LogP contribution in [0.15, 0.2) is 42.7 Å². The Morgan fingerprint density at radius 1 is 1.11 bits per heavy atom. The molecule has 2 heterocycles. The zero-order valence-corrected chi connectivity index (χ0v) is 16.9. The number of nitrogens with zero attached hydrogens (tertiary/aromatic N) is 5. The largest absolute Gasteiger partial charge is 0.465 e. The second-order valence-corrected chi connectivity index (χ2v) is 7.37. The quantitative estimate of drug-likeness (QED) is 0.729. The molecule has 1 fully saturated rings. The SMILES string of the molecule is CN(C)c1nccnc1OCC(=O)N(C)C1CCN(Cc2ccccc2)CC1. The highest BCUT2D eigenvalue weighted by Gasteiger charge is 2.26. The molecule has 1 aliphatic heterocycles. The zero-order chi connectivity index (χ0) is 19.9. The zero-order valence-electron chi connectivity index (χ0n) is 16.9. The van der Waals surface area contributed by atoms with Crippen LogP contribution in [0.1, 0.15) is 18.4 Å². The maximum atomic E-state index is 12.6. The fourth-order valence-electron chi connectivity index (χ4n) is 3.47. The van der Waals surface area contributed by atoms with E-state index >= 15 is 0 Å². The molecule has 1 amide bonds. The Hall–Kier alpha value is -2.67. The van der Waals surface area contributed by atoms with Crippen LogP contribution in [0.5, 0.6) is 5.88 Å². The van der Waals surface area contributed by atoms with Crippen LogP contribution in [-0.2, 0) is 11.3 Å². The Bertz CT molecular complexity index is 760. The highest BCUT2D eigenvalue weighted by Crippen LogP contribution is 2.21. The first-order valence-corrected chi connectivity index (χ1v) is 9.67. The van der Waals surface area contributed by atoms with Crippen molar-refractivity contribution in [2.45, 2.75) is 25.4 Å². The predicted octanol–water partition coefficient (Wildman–Crippen LogP) is 2.04. The van der Waals surface area contributed by atoms with Crippen molar-refractivity contribution in [3.05, 3.63) is 48.3 Å². The van der Waals surface area contributed by atoms with Crippen LogP contribution in [0.4, 0.5) is 5.82 Å². The summed E-state index contributed by atoms with van der Waals surface area (Å²) in [6.07, 6.45) is 5.13. The van der Waals surface area contributed by atoms with Gasteiger partial charge < -0.3 is 14.5 Å². The minimum Gasteiger partial charge on any atom is -0.465 e. The number of hydrogen-bond donors (Lipinski definition) is 0. The van der Waals surface area contributed by atoms with Crippen molar-refractivity contribution in [2.24, 2.45) is 0 Å². The van der Waals surface area contributed by atoms with Gasteiger partial charge in [0.2, 0.25) is 0 Å². The summed E-state index contributed by atoms with van der Waals surface area (Å²) in [4.78, 5) is 27.1. The molecule has 28 heavy (non-hydrogen) atoms. The third-order valence-electron chi connectivity index (χ3n) is 5.15. The molecular formula is C21H29N5O2. The number of carbonyl (C=O) groups excluding carboxylic acids is 1.